The fraction of sp³-hybridized carbons (Fsp3) is 0.533. The van der Waals surface area contributed by atoms with Gasteiger partial charge in [-0.1, -0.05) is 31.5 Å². The van der Waals surface area contributed by atoms with Crippen LogP contribution in [0.1, 0.15) is 54.9 Å². The number of likely N-dealkylation sites (tertiary alicyclic amines) is 1. The minimum atomic E-state index is 0.118. The molecule has 0 atom stereocenters. The summed E-state index contributed by atoms with van der Waals surface area (Å²) < 4.78 is 0. The lowest BCUT2D eigenvalue weighted by Gasteiger charge is -2.27. The molecular formula is C15H20ClNO. The maximum absolute atomic E-state index is 12.3. The van der Waals surface area contributed by atoms with Gasteiger partial charge in [0, 0.05) is 23.7 Å². The van der Waals surface area contributed by atoms with E-state index in [-0.39, 0.29) is 5.91 Å². The highest BCUT2D eigenvalue weighted by Crippen LogP contribution is 2.26. The third-order valence-corrected chi connectivity index (χ3v) is 3.84. The third-order valence-electron chi connectivity index (χ3n) is 3.51. The Balaban J connectivity index is 2.18. The van der Waals surface area contributed by atoms with E-state index in [0.717, 1.165) is 31.5 Å². The van der Waals surface area contributed by atoms with Crippen molar-refractivity contribution in [3.05, 3.63) is 34.3 Å². The summed E-state index contributed by atoms with van der Waals surface area (Å²) >= 11 is 6.24. The van der Waals surface area contributed by atoms with Gasteiger partial charge in [-0.2, -0.15) is 0 Å². The van der Waals surface area contributed by atoms with Crippen molar-refractivity contribution in [1.82, 2.24) is 4.90 Å². The van der Waals surface area contributed by atoms with E-state index in [1.54, 1.807) is 0 Å². The monoisotopic (exact) mass is 265 g/mol. The van der Waals surface area contributed by atoms with Crippen LogP contribution < -0.4 is 0 Å². The second-order valence-electron chi connectivity index (χ2n) is 5.24. The molecule has 1 aliphatic rings. The summed E-state index contributed by atoms with van der Waals surface area (Å²) in [6, 6.07) is 5.69. The van der Waals surface area contributed by atoms with E-state index in [1.807, 2.05) is 23.1 Å². The summed E-state index contributed by atoms with van der Waals surface area (Å²) in [6.07, 6.45) is 3.46. The topological polar surface area (TPSA) is 20.3 Å². The van der Waals surface area contributed by atoms with Crippen LogP contribution in [-0.4, -0.2) is 23.9 Å². The lowest BCUT2D eigenvalue weighted by molar-refractivity contribution is 0.0724. The fourth-order valence-electron chi connectivity index (χ4n) is 2.41. The molecule has 1 amide bonds. The maximum Gasteiger partial charge on any atom is 0.253 e. The molecule has 0 spiro atoms. The Morgan fingerprint density at radius 3 is 2.44 bits per heavy atom. The average molecular weight is 266 g/mol. The van der Waals surface area contributed by atoms with Crippen LogP contribution >= 0.6 is 11.6 Å². The van der Waals surface area contributed by atoms with Gasteiger partial charge >= 0.3 is 0 Å². The van der Waals surface area contributed by atoms with Gasteiger partial charge in [0.25, 0.3) is 5.91 Å². The van der Waals surface area contributed by atoms with Gasteiger partial charge in [0.15, 0.2) is 0 Å². The average Bonchev–Trinajstić information content (AvgIpc) is 2.38. The number of amides is 1. The highest BCUT2D eigenvalue weighted by atomic mass is 35.5. The SMILES string of the molecule is CC(C)c1ccc(C(=O)N2CCCCC2)cc1Cl. The molecule has 0 aliphatic carbocycles. The maximum atomic E-state index is 12.3. The summed E-state index contributed by atoms with van der Waals surface area (Å²) in [5.41, 5.74) is 1.82. The molecule has 0 N–H and O–H groups in total. The minimum Gasteiger partial charge on any atom is -0.339 e. The second-order valence-corrected chi connectivity index (χ2v) is 5.65. The van der Waals surface area contributed by atoms with Crippen LogP contribution in [-0.2, 0) is 0 Å². The molecule has 1 aromatic carbocycles. The number of rotatable bonds is 2. The molecule has 0 unspecified atom stereocenters. The number of piperidine rings is 1. The molecule has 98 valence electrons. The molecule has 2 nitrogen and oxygen atoms in total. The van der Waals surface area contributed by atoms with Gasteiger partial charge in [-0.05, 0) is 42.9 Å². The van der Waals surface area contributed by atoms with E-state index < -0.39 is 0 Å². The van der Waals surface area contributed by atoms with Crippen LogP contribution in [0, 0.1) is 0 Å². The summed E-state index contributed by atoms with van der Waals surface area (Å²) in [7, 11) is 0. The first-order valence-electron chi connectivity index (χ1n) is 6.68. The summed E-state index contributed by atoms with van der Waals surface area (Å²) in [6.45, 7) is 5.96. The van der Waals surface area contributed by atoms with Crippen LogP contribution in [0.5, 0.6) is 0 Å². The zero-order valence-electron chi connectivity index (χ0n) is 11.1. The van der Waals surface area contributed by atoms with Crippen LogP contribution in [0.2, 0.25) is 5.02 Å². The lowest BCUT2D eigenvalue weighted by Crippen LogP contribution is -2.35. The quantitative estimate of drug-likeness (QED) is 0.789. The minimum absolute atomic E-state index is 0.118. The fourth-order valence-corrected chi connectivity index (χ4v) is 2.81. The van der Waals surface area contributed by atoms with Crippen LogP contribution in [0.3, 0.4) is 0 Å². The first-order valence-corrected chi connectivity index (χ1v) is 7.06. The van der Waals surface area contributed by atoms with Crippen LogP contribution in [0.15, 0.2) is 18.2 Å². The summed E-state index contributed by atoms with van der Waals surface area (Å²) in [4.78, 5) is 14.2. The van der Waals surface area contributed by atoms with Crippen molar-refractivity contribution in [2.45, 2.75) is 39.0 Å². The van der Waals surface area contributed by atoms with Gasteiger partial charge in [-0.15, -0.1) is 0 Å². The highest BCUT2D eigenvalue weighted by Gasteiger charge is 2.19. The lowest BCUT2D eigenvalue weighted by atomic mass is 10.0. The Bertz CT molecular complexity index is 436. The van der Waals surface area contributed by atoms with Gasteiger partial charge in [0.05, 0.1) is 0 Å². The predicted octanol–water partition coefficient (Wildman–Crippen LogP) is 4.09. The smallest absolute Gasteiger partial charge is 0.253 e. The third kappa shape index (κ3) is 2.86. The normalized spacial score (nSPS) is 16.1. The molecule has 0 saturated carbocycles. The van der Waals surface area contributed by atoms with Crippen LogP contribution in [0.25, 0.3) is 0 Å². The molecule has 18 heavy (non-hydrogen) atoms. The van der Waals surface area contributed by atoms with E-state index in [9.17, 15) is 4.79 Å². The number of hydrogen-bond donors (Lipinski definition) is 0. The number of benzene rings is 1. The number of carbonyl (C=O) groups is 1. The Morgan fingerprint density at radius 1 is 1.22 bits per heavy atom. The number of halogens is 1. The first-order chi connectivity index (χ1) is 8.59. The van der Waals surface area contributed by atoms with Crippen molar-refractivity contribution in [2.24, 2.45) is 0 Å². The highest BCUT2D eigenvalue weighted by molar-refractivity contribution is 6.31. The molecular weight excluding hydrogens is 246 g/mol. The summed E-state index contributed by atoms with van der Waals surface area (Å²) in [5.74, 6) is 0.503. The Kier molecular flexibility index (Phi) is 4.28. The molecule has 1 fully saturated rings. The van der Waals surface area contributed by atoms with Crippen molar-refractivity contribution in [3.63, 3.8) is 0 Å². The number of nitrogens with zero attached hydrogens (tertiary/aromatic N) is 1. The van der Waals surface area contributed by atoms with Gasteiger partial charge in [0.2, 0.25) is 0 Å². The van der Waals surface area contributed by atoms with Gasteiger partial charge in [0.1, 0.15) is 0 Å². The number of carbonyl (C=O) groups excluding carboxylic acids is 1. The van der Waals surface area contributed by atoms with E-state index in [0.29, 0.717) is 16.5 Å². The Morgan fingerprint density at radius 2 is 1.89 bits per heavy atom. The van der Waals surface area contributed by atoms with Crippen molar-refractivity contribution in [1.29, 1.82) is 0 Å². The van der Waals surface area contributed by atoms with Gasteiger partial charge in [-0.25, -0.2) is 0 Å². The Labute approximate surface area is 114 Å². The molecule has 2 rings (SSSR count). The Hall–Kier alpha value is -1.02. The molecule has 1 heterocycles. The standard InChI is InChI=1S/C15H20ClNO/c1-11(2)13-7-6-12(10-14(13)16)15(18)17-8-4-3-5-9-17/h6-7,10-11H,3-5,8-9H2,1-2H3. The second kappa shape index (κ2) is 5.75. The molecule has 3 heteroatoms. The van der Waals surface area contributed by atoms with Crippen LogP contribution in [0.4, 0.5) is 0 Å². The first kappa shape index (κ1) is 13.4. The van der Waals surface area contributed by atoms with E-state index >= 15 is 0 Å². The van der Waals surface area contributed by atoms with Crippen molar-refractivity contribution in [3.8, 4) is 0 Å². The summed E-state index contributed by atoms with van der Waals surface area (Å²) in [5, 5.41) is 0.702. The molecule has 1 aromatic rings. The molecule has 1 saturated heterocycles. The molecule has 0 aromatic heterocycles. The van der Waals surface area contributed by atoms with Crippen molar-refractivity contribution < 1.29 is 4.79 Å². The van der Waals surface area contributed by atoms with E-state index in [2.05, 4.69) is 13.8 Å². The molecule has 0 bridgehead atoms. The number of hydrogen-bond acceptors (Lipinski definition) is 1. The van der Waals surface area contributed by atoms with Crippen molar-refractivity contribution in [2.75, 3.05) is 13.1 Å². The van der Waals surface area contributed by atoms with Gasteiger partial charge < -0.3 is 4.90 Å². The van der Waals surface area contributed by atoms with E-state index in [4.69, 9.17) is 11.6 Å². The van der Waals surface area contributed by atoms with Gasteiger partial charge in [-0.3, -0.25) is 4.79 Å². The largest absolute Gasteiger partial charge is 0.339 e. The zero-order valence-corrected chi connectivity index (χ0v) is 11.8. The molecule has 1 aliphatic heterocycles. The van der Waals surface area contributed by atoms with E-state index in [1.165, 1.54) is 6.42 Å². The molecule has 0 radical (unpaired) electrons. The predicted molar refractivity (Wildman–Crippen MR) is 75.3 cm³/mol. The zero-order chi connectivity index (χ0) is 13.1. The van der Waals surface area contributed by atoms with Crippen molar-refractivity contribution >= 4 is 17.5 Å².